The van der Waals surface area contributed by atoms with Crippen molar-refractivity contribution in [3.8, 4) is 0 Å². The molecule has 15 heavy (non-hydrogen) atoms. The van der Waals surface area contributed by atoms with Gasteiger partial charge in [0, 0.05) is 6.20 Å². The van der Waals surface area contributed by atoms with Gasteiger partial charge in [0.05, 0.1) is 6.61 Å². The SMILES string of the molecule is Nc1ccn([C@H]2C=C[C@@H](CO)O2)c(=O)n1. The number of hydrogen-bond donors (Lipinski definition) is 2. The molecule has 3 N–H and O–H groups in total. The first-order valence-corrected chi connectivity index (χ1v) is 4.50. The zero-order valence-corrected chi connectivity index (χ0v) is 7.91. The first-order valence-electron chi connectivity index (χ1n) is 4.50. The molecular formula is C9H11N3O3. The molecule has 0 saturated carbocycles. The summed E-state index contributed by atoms with van der Waals surface area (Å²) in [5.74, 6) is 0.178. The average molecular weight is 209 g/mol. The lowest BCUT2D eigenvalue weighted by Gasteiger charge is -2.14. The molecule has 0 amide bonds. The molecule has 80 valence electrons. The summed E-state index contributed by atoms with van der Waals surface area (Å²) in [7, 11) is 0. The number of aliphatic hydroxyl groups is 1. The van der Waals surface area contributed by atoms with Crippen LogP contribution in [0.15, 0.2) is 29.2 Å². The topological polar surface area (TPSA) is 90.4 Å². The van der Waals surface area contributed by atoms with Gasteiger partial charge < -0.3 is 15.6 Å². The van der Waals surface area contributed by atoms with Crippen LogP contribution in [0.2, 0.25) is 0 Å². The second-order valence-corrected chi connectivity index (χ2v) is 3.17. The normalized spacial score (nSPS) is 24.6. The molecule has 2 rings (SSSR count). The van der Waals surface area contributed by atoms with Crippen molar-refractivity contribution in [2.24, 2.45) is 0 Å². The van der Waals surface area contributed by atoms with Gasteiger partial charge in [-0.2, -0.15) is 4.98 Å². The summed E-state index contributed by atoms with van der Waals surface area (Å²) in [6, 6.07) is 1.52. The van der Waals surface area contributed by atoms with Crippen LogP contribution in [0, 0.1) is 0 Å². The summed E-state index contributed by atoms with van der Waals surface area (Å²) in [6.45, 7) is -0.107. The van der Waals surface area contributed by atoms with Crippen LogP contribution in [0.1, 0.15) is 6.23 Å². The third kappa shape index (κ3) is 1.90. The molecule has 0 radical (unpaired) electrons. The number of aromatic nitrogens is 2. The van der Waals surface area contributed by atoms with Crippen LogP contribution in [-0.2, 0) is 4.74 Å². The van der Waals surface area contributed by atoms with E-state index in [4.69, 9.17) is 15.6 Å². The molecule has 1 aromatic heterocycles. The fraction of sp³-hybridized carbons (Fsp3) is 0.333. The Hall–Kier alpha value is -1.66. The Bertz CT molecular complexity index is 440. The van der Waals surface area contributed by atoms with Gasteiger partial charge in [0.1, 0.15) is 11.9 Å². The van der Waals surface area contributed by atoms with Crippen LogP contribution in [0.4, 0.5) is 5.82 Å². The molecule has 0 unspecified atom stereocenters. The lowest BCUT2D eigenvalue weighted by molar-refractivity contribution is -0.0102. The Labute approximate surface area is 85.6 Å². The highest BCUT2D eigenvalue weighted by molar-refractivity contribution is 5.23. The van der Waals surface area contributed by atoms with Crippen LogP contribution in [0.5, 0.6) is 0 Å². The van der Waals surface area contributed by atoms with Gasteiger partial charge in [0.2, 0.25) is 0 Å². The molecule has 1 aliphatic rings. The Morgan fingerprint density at radius 2 is 2.40 bits per heavy atom. The van der Waals surface area contributed by atoms with E-state index in [1.54, 1.807) is 12.2 Å². The van der Waals surface area contributed by atoms with Gasteiger partial charge in [0.15, 0.2) is 6.23 Å². The van der Waals surface area contributed by atoms with Crippen LogP contribution >= 0.6 is 0 Å². The van der Waals surface area contributed by atoms with E-state index in [0.717, 1.165) is 0 Å². The van der Waals surface area contributed by atoms with Gasteiger partial charge in [-0.05, 0) is 12.1 Å². The average Bonchev–Trinajstić information content (AvgIpc) is 2.66. The van der Waals surface area contributed by atoms with E-state index in [1.165, 1.54) is 16.8 Å². The Morgan fingerprint density at radius 3 is 3.00 bits per heavy atom. The van der Waals surface area contributed by atoms with E-state index < -0.39 is 11.9 Å². The molecule has 0 spiro atoms. The quantitative estimate of drug-likeness (QED) is 0.627. The standard InChI is InChI=1S/C9H11N3O3/c10-7-3-4-12(9(14)11-7)8-2-1-6(5-13)15-8/h1-4,6,8,13H,5H2,(H2,10,11,14)/t6-,8+/m0/s1. The van der Waals surface area contributed by atoms with Crippen molar-refractivity contribution in [2.45, 2.75) is 12.3 Å². The van der Waals surface area contributed by atoms with Crippen molar-refractivity contribution in [1.29, 1.82) is 0 Å². The number of nitrogens with zero attached hydrogens (tertiary/aromatic N) is 2. The Balaban J connectivity index is 2.25. The molecule has 6 heteroatoms. The molecule has 0 bridgehead atoms. The fourth-order valence-electron chi connectivity index (χ4n) is 1.37. The first kappa shape index (κ1) is 9.88. The summed E-state index contributed by atoms with van der Waals surface area (Å²) in [5.41, 5.74) is 4.89. The maximum Gasteiger partial charge on any atom is 0.351 e. The second-order valence-electron chi connectivity index (χ2n) is 3.17. The van der Waals surface area contributed by atoms with Crippen molar-refractivity contribution < 1.29 is 9.84 Å². The van der Waals surface area contributed by atoms with E-state index in [-0.39, 0.29) is 18.5 Å². The van der Waals surface area contributed by atoms with Crippen molar-refractivity contribution >= 4 is 5.82 Å². The van der Waals surface area contributed by atoms with Gasteiger partial charge in [-0.15, -0.1) is 0 Å². The van der Waals surface area contributed by atoms with Crippen molar-refractivity contribution in [3.05, 3.63) is 34.9 Å². The molecule has 2 atom stereocenters. The third-order valence-corrected chi connectivity index (χ3v) is 2.11. The third-order valence-electron chi connectivity index (χ3n) is 2.11. The molecule has 6 nitrogen and oxygen atoms in total. The van der Waals surface area contributed by atoms with Gasteiger partial charge in [-0.25, -0.2) is 4.79 Å². The number of nitrogens with two attached hydrogens (primary N) is 1. The molecule has 0 saturated heterocycles. The molecule has 0 aromatic carbocycles. The predicted molar refractivity (Wildman–Crippen MR) is 53.0 cm³/mol. The minimum absolute atomic E-state index is 0.107. The summed E-state index contributed by atoms with van der Waals surface area (Å²) in [6.07, 6.45) is 4.04. The van der Waals surface area contributed by atoms with Crippen molar-refractivity contribution in [3.63, 3.8) is 0 Å². The van der Waals surface area contributed by atoms with Crippen LogP contribution in [-0.4, -0.2) is 27.4 Å². The van der Waals surface area contributed by atoms with Crippen LogP contribution in [0.25, 0.3) is 0 Å². The lowest BCUT2D eigenvalue weighted by atomic mass is 10.4. The Morgan fingerprint density at radius 1 is 1.60 bits per heavy atom. The maximum atomic E-state index is 11.4. The minimum atomic E-state index is -0.511. The molecule has 1 aromatic rings. The summed E-state index contributed by atoms with van der Waals surface area (Å²) in [5, 5.41) is 8.84. The van der Waals surface area contributed by atoms with Crippen molar-refractivity contribution in [2.75, 3.05) is 12.3 Å². The summed E-state index contributed by atoms with van der Waals surface area (Å²) >= 11 is 0. The van der Waals surface area contributed by atoms with E-state index in [9.17, 15) is 4.79 Å². The summed E-state index contributed by atoms with van der Waals surface area (Å²) in [4.78, 5) is 15.0. The molecule has 2 heterocycles. The molecule has 1 aliphatic heterocycles. The van der Waals surface area contributed by atoms with E-state index in [0.29, 0.717) is 0 Å². The zero-order chi connectivity index (χ0) is 10.8. The van der Waals surface area contributed by atoms with Gasteiger partial charge in [0.25, 0.3) is 0 Å². The van der Waals surface area contributed by atoms with Gasteiger partial charge in [-0.1, -0.05) is 6.08 Å². The highest BCUT2D eigenvalue weighted by atomic mass is 16.5. The highest BCUT2D eigenvalue weighted by Gasteiger charge is 2.20. The van der Waals surface area contributed by atoms with E-state index in [2.05, 4.69) is 4.98 Å². The van der Waals surface area contributed by atoms with E-state index >= 15 is 0 Å². The van der Waals surface area contributed by atoms with Crippen molar-refractivity contribution in [1.82, 2.24) is 9.55 Å². The van der Waals surface area contributed by atoms with E-state index in [1.807, 2.05) is 0 Å². The smallest absolute Gasteiger partial charge is 0.351 e. The summed E-state index contributed by atoms with van der Waals surface area (Å²) < 4.78 is 6.65. The zero-order valence-electron chi connectivity index (χ0n) is 7.91. The van der Waals surface area contributed by atoms with Crippen LogP contribution < -0.4 is 11.4 Å². The molecular weight excluding hydrogens is 198 g/mol. The van der Waals surface area contributed by atoms with Gasteiger partial charge >= 0.3 is 5.69 Å². The lowest BCUT2D eigenvalue weighted by Crippen LogP contribution is -2.28. The number of aliphatic hydroxyl groups excluding tert-OH is 1. The number of anilines is 1. The maximum absolute atomic E-state index is 11.4. The Kier molecular flexibility index (Phi) is 2.53. The fourth-order valence-corrected chi connectivity index (χ4v) is 1.37. The predicted octanol–water partition coefficient (Wildman–Crippen LogP) is -0.729. The number of ether oxygens (including phenoxy) is 1. The monoisotopic (exact) mass is 209 g/mol. The minimum Gasteiger partial charge on any atom is -0.393 e. The largest absolute Gasteiger partial charge is 0.393 e. The molecule has 0 aliphatic carbocycles. The molecule has 0 fully saturated rings. The number of rotatable bonds is 2. The first-order chi connectivity index (χ1) is 7.20. The van der Waals surface area contributed by atoms with Crippen LogP contribution in [0.3, 0.4) is 0 Å². The highest BCUT2D eigenvalue weighted by Crippen LogP contribution is 2.18. The van der Waals surface area contributed by atoms with Gasteiger partial charge in [-0.3, -0.25) is 4.57 Å². The number of nitrogen functional groups attached to an aromatic ring is 1. The number of hydrogen-bond acceptors (Lipinski definition) is 5. The second kappa shape index (κ2) is 3.84.